The number of halogens is 1. The summed E-state index contributed by atoms with van der Waals surface area (Å²) in [5.41, 5.74) is 1.15. The number of nitrogens with zero attached hydrogens (tertiary/aromatic N) is 2. The van der Waals surface area contributed by atoms with E-state index in [0.29, 0.717) is 6.54 Å². The Hall–Kier alpha value is -1.93. The highest BCUT2D eigenvalue weighted by atomic mass is 19.1. The van der Waals surface area contributed by atoms with E-state index in [1.807, 2.05) is 6.07 Å². The van der Waals surface area contributed by atoms with Crippen molar-refractivity contribution in [3.8, 4) is 6.07 Å². The molecule has 122 valence electrons. The van der Waals surface area contributed by atoms with Crippen LogP contribution in [0.4, 0.5) is 4.39 Å². The van der Waals surface area contributed by atoms with Crippen LogP contribution in [-0.2, 0) is 11.3 Å². The molecule has 0 radical (unpaired) electrons. The molecule has 1 heterocycles. The van der Waals surface area contributed by atoms with Crippen molar-refractivity contribution in [1.29, 1.82) is 5.26 Å². The van der Waals surface area contributed by atoms with Crippen LogP contribution in [0.2, 0.25) is 0 Å². The van der Waals surface area contributed by atoms with Gasteiger partial charge in [-0.05, 0) is 48.9 Å². The normalized spacial score (nSPS) is 27.3. The SMILES string of the molecule is CNC(=O)[C@@H]1CCC[C@@]12CCN(Cc1ccc(F)c(C#N)c1)C2. The zero-order valence-corrected chi connectivity index (χ0v) is 13.4. The molecule has 1 aliphatic heterocycles. The fourth-order valence-electron chi connectivity index (χ4n) is 4.34. The van der Waals surface area contributed by atoms with Crippen LogP contribution in [0.5, 0.6) is 0 Å². The second kappa shape index (κ2) is 6.29. The van der Waals surface area contributed by atoms with Gasteiger partial charge in [0.25, 0.3) is 0 Å². The molecule has 2 atom stereocenters. The van der Waals surface area contributed by atoms with Crippen molar-refractivity contribution in [2.75, 3.05) is 20.1 Å². The highest BCUT2D eigenvalue weighted by Crippen LogP contribution is 2.50. The molecule has 1 spiro atoms. The van der Waals surface area contributed by atoms with Crippen LogP contribution in [0.1, 0.15) is 36.8 Å². The zero-order valence-electron chi connectivity index (χ0n) is 13.4. The van der Waals surface area contributed by atoms with Crippen molar-refractivity contribution in [3.63, 3.8) is 0 Å². The second-order valence-corrected chi connectivity index (χ2v) is 6.81. The fraction of sp³-hybridized carbons (Fsp3) is 0.556. The molecule has 1 aromatic carbocycles. The van der Waals surface area contributed by atoms with E-state index in [1.165, 1.54) is 6.07 Å². The number of carbonyl (C=O) groups is 1. The zero-order chi connectivity index (χ0) is 16.4. The van der Waals surface area contributed by atoms with Gasteiger partial charge in [-0.15, -0.1) is 0 Å². The van der Waals surface area contributed by atoms with E-state index in [1.54, 1.807) is 19.2 Å². The minimum atomic E-state index is -0.468. The summed E-state index contributed by atoms with van der Waals surface area (Å²) in [6.45, 7) is 2.56. The van der Waals surface area contributed by atoms with Gasteiger partial charge in [0.05, 0.1) is 5.56 Å². The average Bonchev–Trinajstić information content (AvgIpc) is 3.16. The molecular formula is C18H22FN3O. The van der Waals surface area contributed by atoms with E-state index >= 15 is 0 Å². The predicted octanol–water partition coefficient (Wildman–Crippen LogP) is 2.44. The summed E-state index contributed by atoms with van der Waals surface area (Å²) in [7, 11) is 1.71. The summed E-state index contributed by atoms with van der Waals surface area (Å²) in [5, 5.41) is 11.8. The van der Waals surface area contributed by atoms with E-state index < -0.39 is 5.82 Å². The molecular weight excluding hydrogens is 293 g/mol. The van der Waals surface area contributed by atoms with Gasteiger partial charge in [0.1, 0.15) is 11.9 Å². The molecule has 5 heteroatoms. The van der Waals surface area contributed by atoms with Gasteiger partial charge in [-0.3, -0.25) is 9.69 Å². The molecule has 2 fully saturated rings. The van der Waals surface area contributed by atoms with Gasteiger partial charge in [-0.25, -0.2) is 4.39 Å². The number of carbonyl (C=O) groups excluding carboxylic acids is 1. The molecule has 1 N–H and O–H groups in total. The lowest BCUT2D eigenvalue weighted by Gasteiger charge is -2.30. The number of nitriles is 1. The van der Waals surface area contributed by atoms with Crippen LogP contribution in [0, 0.1) is 28.5 Å². The number of hydrogen-bond acceptors (Lipinski definition) is 3. The molecule has 4 nitrogen and oxygen atoms in total. The number of nitrogens with one attached hydrogen (secondary N) is 1. The Morgan fingerprint density at radius 1 is 1.52 bits per heavy atom. The summed E-state index contributed by atoms with van der Waals surface area (Å²) in [6.07, 6.45) is 4.23. The van der Waals surface area contributed by atoms with Crippen molar-refractivity contribution in [2.45, 2.75) is 32.2 Å². The summed E-state index contributed by atoms with van der Waals surface area (Å²) < 4.78 is 13.4. The highest BCUT2D eigenvalue weighted by Gasteiger charge is 2.49. The number of amides is 1. The van der Waals surface area contributed by atoms with E-state index in [0.717, 1.165) is 44.3 Å². The summed E-state index contributed by atoms with van der Waals surface area (Å²) in [5.74, 6) is -0.192. The molecule has 23 heavy (non-hydrogen) atoms. The lowest BCUT2D eigenvalue weighted by molar-refractivity contribution is -0.127. The molecule has 1 aliphatic carbocycles. The second-order valence-electron chi connectivity index (χ2n) is 6.81. The van der Waals surface area contributed by atoms with Crippen molar-refractivity contribution in [3.05, 3.63) is 35.1 Å². The van der Waals surface area contributed by atoms with E-state index in [4.69, 9.17) is 5.26 Å². The molecule has 0 aromatic heterocycles. The Labute approximate surface area is 136 Å². The van der Waals surface area contributed by atoms with Gasteiger partial charge in [0.15, 0.2) is 0 Å². The summed E-state index contributed by atoms with van der Waals surface area (Å²) in [4.78, 5) is 14.5. The van der Waals surface area contributed by atoms with Crippen molar-refractivity contribution in [1.82, 2.24) is 10.2 Å². The first-order chi connectivity index (χ1) is 11.1. The number of benzene rings is 1. The van der Waals surface area contributed by atoms with Crippen LogP contribution in [0.25, 0.3) is 0 Å². The Balaban J connectivity index is 1.71. The topological polar surface area (TPSA) is 56.1 Å². The smallest absolute Gasteiger partial charge is 0.223 e. The third-order valence-corrected chi connectivity index (χ3v) is 5.49. The van der Waals surface area contributed by atoms with Crippen molar-refractivity contribution in [2.24, 2.45) is 11.3 Å². The monoisotopic (exact) mass is 315 g/mol. The number of likely N-dealkylation sites (tertiary alicyclic amines) is 1. The summed E-state index contributed by atoms with van der Waals surface area (Å²) in [6, 6.07) is 6.63. The maximum atomic E-state index is 13.4. The predicted molar refractivity (Wildman–Crippen MR) is 84.8 cm³/mol. The minimum absolute atomic E-state index is 0.0954. The molecule has 0 bridgehead atoms. The molecule has 1 amide bonds. The van der Waals surface area contributed by atoms with Crippen LogP contribution in [0.3, 0.4) is 0 Å². The molecule has 3 rings (SSSR count). The van der Waals surface area contributed by atoms with Gasteiger partial charge < -0.3 is 5.32 Å². The Morgan fingerprint density at radius 3 is 3.09 bits per heavy atom. The average molecular weight is 315 g/mol. The lowest BCUT2D eigenvalue weighted by atomic mass is 9.76. The number of rotatable bonds is 3. The van der Waals surface area contributed by atoms with E-state index in [2.05, 4.69) is 10.2 Å². The molecule has 1 aromatic rings. The van der Waals surface area contributed by atoms with E-state index in [9.17, 15) is 9.18 Å². The number of hydrogen-bond donors (Lipinski definition) is 1. The van der Waals surface area contributed by atoms with Gasteiger partial charge >= 0.3 is 0 Å². The quantitative estimate of drug-likeness (QED) is 0.932. The highest BCUT2D eigenvalue weighted by molar-refractivity contribution is 5.79. The molecule has 1 saturated carbocycles. The van der Waals surface area contributed by atoms with Gasteiger partial charge in [-0.2, -0.15) is 5.26 Å². The molecule has 0 unspecified atom stereocenters. The first-order valence-electron chi connectivity index (χ1n) is 8.20. The van der Waals surface area contributed by atoms with Crippen LogP contribution < -0.4 is 5.32 Å². The van der Waals surface area contributed by atoms with Crippen molar-refractivity contribution < 1.29 is 9.18 Å². The Morgan fingerprint density at radius 2 is 2.35 bits per heavy atom. The third kappa shape index (κ3) is 2.96. The minimum Gasteiger partial charge on any atom is -0.359 e. The summed E-state index contributed by atoms with van der Waals surface area (Å²) >= 11 is 0. The van der Waals surface area contributed by atoms with Gasteiger partial charge in [-0.1, -0.05) is 12.5 Å². The third-order valence-electron chi connectivity index (χ3n) is 5.49. The molecule has 2 aliphatic rings. The van der Waals surface area contributed by atoms with E-state index in [-0.39, 0.29) is 22.8 Å². The van der Waals surface area contributed by atoms with Crippen LogP contribution >= 0.6 is 0 Å². The first kappa shape index (κ1) is 15.9. The molecule has 1 saturated heterocycles. The van der Waals surface area contributed by atoms with Crippen LogP contribution in [0.15, 0.2) is 18.2 Å². The fourth-order valence-corrected chi connectivity index (χ4v) is 4.34. The maximum absolute atomic E-state index is 13.4. The largest absolute Gasteiger partial charge is 0.359 e. The van der Waals surface area contributed by atoms with Crippen LogP contribution in [-0.4, -0.2) is 30.9 Å². The standard InChI is InChI=1S/C18H22FN3O/c1-21-17(23)15-3-2-6-18(15)7-8-22(12-18)11-13-4-5-16(19)14(9-13)10-20/h4-5,9,15H,2-3,6-8,11-12H2,1H3,(H,21,23)/t15-,18-/m0/s1. The Bertz CT molecular complexity index is 654. The van der Waals surface area contributed by atoms with Crippen molar-refractivity contribution >= 4 is 5.91 Å². The van der Waals surface area contributed by atoms with Gasteiger partial charge in [0.2, 0.25) is 5.91 Å². The first-order valence-corrected chi connectivity index (χ1v) is 8.20. The maximum Gasteiger partial charge on any atom is 0.223 e. The Kier molecular flexibility index (Phi) is 4.36. The van der Waals surface area contributed by atoms with Gasteiger partial charge in [0, 0.05) is 26.1 Å². The lowest BCUT2D eigenvalue weighted by Crippen LogP contribution is -2.39.